The molecule has 3 N–H and O–H groups in total. The van der Waals surface area contributed by atoms with E-state index in [1.54, 1.807) is 0 Å². The van der Waals surface area contributed by atoms with E-state index in [2.05, 4.69) is 31.8 Å². The van der Waals surface area contributed by atoms with Gasteiger partial charge in [-0.15, -0.1) is 0 Å². The maximum absolute atomic E-state index is 6.02. The average Bonchev–Trinajstić information content (AvgIpc) is 2.47. The van der Waals surface area contributed by atoms with Crippen LogP contribution in [-0.2, 0) is 5.41 Å². The van der Waals surface area contributed by atoms with Crippen molar-refractivity contribution in [3.8, 4) is 0 Å². The Morgan fingerprint density at radius 1 is 1.21 bits per heavy atom. The van der Waals surface area contributed by atoms with E-state index >= 15 is 0 Å². The van der Waals surface area contributed by atoms with Gasteiger partial charge >= 0.3 is 0 Å². The highest BCUT2D eigenvalue weighted by molar-refractivity contribution is 5.84. The molecule has 2 aromatic rings. The van der Waals surface area contributed by atoms with Crippen LogP contribution in [0, 0.1) is 0 Å². The largest absolute Gasteiger partial charge is 0.398 e. The SMILES string of the molecule is CC(C)(C)c1cc2[nH]ccc2cc1N. The first-order valence-corrected chi connectivity index (χ1v) is 4.85. The molecule has 0 aliphatic heterocycles. The van der Waals surface area contributed by atoms with E-state index in [1.165, 1.54) is 10.9 Å². The fourth-order valence-electron chi connectivity index (χ4n) is 1.77. The van der Waals surface area contributed by atoms with Gasteiger partial charge in [-0.2, -0.15) is 0 Å². The summed E-state index contributed by atoms with van der Waals surface area (Å²) in [5.41, 5.74) is 9.36. The molecule has 0 aliphatic carbocycles. The Labute approximate surface area is 84.1 Å². The first kappa shape index (κ1) is 9.13. The molecule has 74 valence electrons. The zero-order chi connectivity index (χ0) is 10.3. The predicted octanol–water partition coefficient (Wildman–Crippen LogP) is 3.05. The zero-order valence-electron chi connectivity index (χ0n) is 8.89. The summed E-state index contributed by atoms with van der Waals surface area (Å²) in [7, 11) is 0. The molecule has 0 radical (unpaired) electrons. The molecular formula is C12H16N2. The van der Waals surface area contributed by atoms with Crippen LogP contribution in [0.25, 0.3) is 10.9 Å². The van der Waals surface area contributed by atoms with Gasteiger partial charge in [0.1, 0.15) is 0 Å². The van der Waals surface area contributed by atoms with E-state index < -0.39 is 0 Å². The van der Waals surface area contributed by atoms with E-state index in [0.29, 0.717) is 0 Å². The third kappa shape index (κ3) is 1.37. The number of aromatic amines is 1. The summed E-state index contributed by atoms with van der Waals surface area (Å²) in [6.07, 6.45) is 1.94. The van der Waals surface area contributed by atoms with Crippen LogP contribution >= 0.6 is 0 Å². The monoisotopic (exact) mass is 188 g/mol. The molecule has 0 aliphatic rings. The Kier molecular flexibility index (Phi) is 1.81. The zero-order valence-corrected chi connectivity index (χ0v) is 8.89. The molecule has 0 bridgehead atoms. The van der Waals surface area contributed by atoms with Crippen molar-refractivity contribution in [2.45, 2.75) is 26.2 Å². The Morgan fingerprint density at radius 2 is 1.93 bits per heavy atom. The van der Waals surface area contributed by atoms with Gasteiger partial charge in [-0.3, -0.25) is 0 Å². The first-order chi connectivity index (χ1) is 6.48. The van der Waals surface area contributed by atoms with Crippen molar-refractivity contribution < 1.29 is 0 Å². The van der Waals surface area contributed by atoms with E-state index in [1.807, 2.05) is 18.3 Å². The quantitative estimate of drug-likeness (QED) is 0.613. The molecule has 1 aromatic heterocycles. The van der Waals surface area contributed by atoms with Gasteiger partial charge in [-0.1, -0.05) is 20.8 Å². The van der Waals surface area contributed by atoms with Gasteiger partial charge in [0.2, 0.25) is 0 Å². The smallest absolute Gasteiger partial charge is 0.0458 e. The molecule has 0 amide bonds. The number of anilines is 1. The van der Waals surface area contributed by atoms with Crippen LogP contribution < -0.4 is 5.73 Å². The molecule has 0 spiro atoms. The summed E-state index contributed by atoms with van der Waals surface area (Å²) < 4.78 is 0. The van der Waals surface area contributed by atoms with E-state index in [4.69, 9.17) is 5.73 Å². The minimum atomic E-state index is 0.101. The second kappa shape index (κ2) is 2.77. The Hall–Kier alpha value is -1.44. The van der Waals surface area contributed by atoms with E-state index in [0.717, 1.165) is 11.2 Å². The standard InChI is InChI=1S/C12H16N2/c1-12(2,3)9-7-11-8(4-5-14-11)6-10(9)13/h4-7,14H,13H2,1-3H3. The molecule has 14 heavy (non-hydrogen) atoms. The molecule has 2 heteroatoms. The summed E-state index contributed by atoms with van der Waals surface area (Å²) in [5.74, 6) is 0. The fourth-order valence-corrected chi connectivity index (χ4v) is 1.77. The number of hydrogen-bond acceptors (Lipinski definition) is 1. The molecule has 2 nitrogen and oxygen atoms in total. The molecule has 0 unspecified atom stereocenters. The third-order valence-electron chi connectivity index (χ3n) is 2.53. The van der Waals surface area contributed by atoms with Crippen LogP contribution in [-0.4, -0.2) is 4.98 Å². The van der Waals surface area contributed by atoms with Gasteiger partial charge < -0.3 is 10.7 Å². The van der Waals surface area contributed by atoms with Crippen LogP contribution in [0.4, 0.5) is 5.69 Å². The van der Waals surface area contributed by atoms with Crippen molar-refractivity contribution >= 4 is 16.6 Å². The summed E-state index contributed by atoms with van der Waals surface area (Å²) >= 11 is 0. The van der Waals surface area contributed by atoms with Crippen molar-refractivity contribution in [2.24, 2.45) is 0 Å². The number of benzene rings is 1. The number of H-pyrrole nitrogens is 1. The molecule has 2 rings (SSSR count). The van der Waals surface area contributed by atoms with Crippen LogP contribution in [0.5, 0.6) is 0 Å². The lowest BCUT2D eigenvalue weighted by molar-refractivity contribution is 0.593. The number of nitrogen functional groups attached to an aromatic ring is 1. The fraction of sp³-hybridized carbons (Fsp3) is 0.333. The van der Waals surface area contributed by atoms with E-state index in [-0.39, 0.29) is 5.41 Å². The van der Waals surface area contributed by atoms with Gasteiger partial charge in [0.15, 0.2) is 0 Å². The number of nitrogens with one attached hydrogen (secondary N) is 1. The number of aromatic nitrogens is 1. The van der Waals surface area contributed by atoms with Gasteiger partial charge in [0.05, 0.1) is 0 Å². The number of rotatable bonds is 0. The minimum Gasteiger partial charge on any atom is -0.398 e. The Morgan fingerprint density at radius 3 is 2.57 bits per heavy atom. The lowest BCUT2D eigenvalue weighted by Gasteiger charge is -2.21. The van der Waals surface area contributed by atoms with Gasteiger partial charge in [-0.05, 0) is 29.2 Å². The van der Waals surface area contributed by atoms with Gasteiger partial charge in [-0.25, -0.2) is 0 Å². The van der Waals surface area contributed by atoms with Crippen LogP contribution in [0.15, 0.2) is 24.4 Å². The molecular weight excluding hydrogens is 172 g/mol. The third-order valence-corrected chi connectivity index (χ3v) is 2.53. The normalized spacial score (nSPS) is 12.2. The molecule has 0 saturated heterocycles. The molecule has 0 fully saturated rings. The number of fused-ring (bicyclic) bond motifs is 1. The second-order valence-corrected chi connectivity index (χ2v) is 4.75. The van der Waals surface area contributed by atoms with Crippen LogP contribution in [0.1, 0.15) is 26.3 Å². The highest BCUT2D eigenvalue weighted by Gasteiger charge is 2.17. The van der Waals surface area contributed by atoms with Gasteiger partial charge in [0.25, 0.3) is 0 Å². The maximum atomic E-state index is 6.02. The molecule has 0 atom stereocenters. The summed E-state index contributed by atoms with van der Waals surface area (Å²) in [5, 5.41) is 1.18. The lowest BCUT2D eigenvalue weighted by Crippen LogP contribution is -2.13. The number of nitrogens with two attached hydrogens (primary N) is 1. The van der Waals surface area contributed by atoms with Crippen LogP contribution in [0.2, 0.25) is 0 Å². The van der Waals surface area contributed by atoms with Gasteiger partial charge in [0, 0.05) is 22.8 Å². The van der Waals surface area contributed by atoms with Crippen molar-refractivity contribution in [3.63, 3.8) is 0 Å². The van der Waals surface area contributed by atoms with Crippen molar-refractivity contribution in [3.05, 3.63) is 30.0 Å². The molecule has 1 heterocycles. The number of hydrogen-bond donors (Lipinski definition) is 2. The molecule has 0 saturated carbocycles. The molecule has 1 aromatic carbocycles. The minimum absolute atomic E-state index is 0.101. The summed E-state index contributed by atoms with van der Waals surface area (Å²) in [6, 6.07) is 6.22. The van der Waals surface area contributed by atoms with Crippen molar-refractivity contribution in [1.82, 2.24) is 4.98 Å². The lowest BCUT2D eigenvalue weighted by atomic mass is 9.85. The Balaban J connectivity index is 2.71. The topological polar surface area (TPSA) is 41.8 Å². The van der Waals surface area contributed by atoms with Crippen molar-refractivity contribution in [2.75, 3.05) is 5.73 Å². The van der Waals surface area contributed by atoms with E-state index in [9.17, 15) is 0 Å². The highest BCUT2D eigenvalue weighted by atomic mass is 14.7. The average molecular weight is 188 g/mol. The second-order valence-electron chi connectivity index (χ2n) is 4.75. The summed E-state index contributed by atoms with van der Waals surface area (Å²) in [6.45, 7) is 6.52. The Bertz CT molecular complexity index is 461. The maximum Gasteiger partial charge on any atom is 0.0458 e. The first-order valence-electron chi connectivity index (χ1n) is 4.85. The predicted molar refractivity (Wildman–Crippen MR) is 61.4 cm³/mol. The van der Waals surface area contributed by atoms with Crippen molar-refractivity contribution in [1.29, 1.82) is 0 Å². The van der Waals surface area contributed by atoms with Crippen LogP contribution in [0.3, 0.4) is 0 Å². The summed E-state index contributed by atoms with van der Waals surface area (Å²) in [4.78, 5) is 3.20. The highest BCUT2D eigenvalue weighted by Crippen LogP contribution is 2.30.